The number of likely N-dealkylation sites (N-methyl/N-ethyl adjacent to an activating group) is 1. The van der Waals surface area contributed by atoms with Crippen LogP contribution in [0.3, 0.4) is 0 Å². The normalized spacial score (nSPS) is 26.3. The number of carbonyl (C=O) groups excluding carboxylic acids is 1. The average molecular weight is 296 g/mol. The molecule has 122 valence electrons. The van der Waals surface area contributed by atoms with E-state index in [-0.39, 0.29) is 5.97 Å². The van der Waals surface area contributed by atoms with Crippen LogP contribution in [0.4, 0.5) is 0 Å². The fraction of sp³-hybridized carbons (Fsp3) is 0.941. The van der Waals surface area contributed by atoms with Crippen molar-refractivity contribution in [2.24, 2.45) is 11.8 Å². The molecule has 0 aromatic rings. The molecule has 21 heavy (non-hydrogen) atoms. The highest BCUT2D eigenvalue weighted by Crippen LogP contribution is 2.41. The molecule has 2 aliphatic rings. The van der Waals surface area contributed by atoms with Crippen LogP contribution < -0.4 is 5.32 Å². The van der Waals surface area contributed by atoms with Crippen LogP contribution in [0.1, 0.15) is 52.9 Å². The quantitative estimate of drug-likeness (QED) is 0.699. The molecule has 0 amide bonds. The third kappa shape index (κ3) is 3.98. The summed E-state index contributed by atoms with van der Waals surface area (Å²) in [6, 6.07) is 0. The van der Waals surface area contributed by atoms with Gasteiger partial charge in [-0.05, 0) is 57.5 Å². The Labute approximate surface area is 129 Å². The van der Waals surface area contributed by atoms with Gasteiger partial charge in [-0.2, -0.15) is 0 Å². The van der Waals surface area contributed by atoms with E-state index >= 15 is 0 Å². The maximum absolute atomic E-state index is 12.6. The summed E-state index contributed by atoms with van der Waals surface area (Å²) >= 11 is 0. The van der Waals surface area contributed by atoms with Crippen LogP contribution in [-0.4, -0.2) is 49.2 Å². The van der Waals surface area contributed by atoms with Crippen molar-refractivity contribution in [3.63, 3.8) is 0 Å². The number of nitrogens with zero attached hydrogens (tertiary/aromatic N) is 1. The number of likely N-dealkylation sites (tertiary alicyclic amines) is 1. The zero-order valence-electron chi connectivity index (χ0n) is 14.0. The Balaban J connectivity index is 2.09. The molecule has 0 aromatic heterocycles. The molecule has 1 aliphatic carbocycles. The Morgan fingerprint density at radius 1 is 1.29 bits per heavy atom. The monoisotopic (exact) mass is 296 g/mol. The lowest BCUT2D eigenvalue weighted by molar-refractivity contribution is -0.153. The van der Waals surface area contributed by atoms with Crippen LogP contribution in [0.2, 0.25) is 0 Å². The molecule has 0 spiro atoms. The summed E-state index contributed by atoms with van der Waals surface area (Å²) in [5.74, 6) is 1.21. The highest BCUT2D eigenvalue weighted by molar-refractivity contribution is 5.82. The fourth-order valence-electron chi connectivity index (χ4n) is 3.77. The summed E-state index contributed by atoms with van der Waals surface area (Å²) in [5, 5.41) is 3.51. The first-order chi connectivity index (χ1) is 10.2. The molecule has 0 radical (unpaired) electrons. The first kappa shape index (κ1) is 16.8. The number of carbonyl (C=O) groups is 1. The Kier molecular flexibility index (Phi) is 6.06. The molecule has 1 heterocycles. The van der Waals surface area contributed by atoms with Gasteiger partial charge in [0.2, 0.25) is 0 Å². The molecule has 0 bridgehead atoms. The van der Waals surface area contributed by atoms with Crippen molar-refractivity contribution in [2.45, 2.75) is 58.4 Å². The Hall–Kier alpha value is -0.610. The minimum Gasteiger partial charge on any atom is -0.465 e. The summed E-state index contributed by atoms with van der Waals surface area (Å²) in [6.07, 6.45) is 6.14. The summed E-state index contributed by atoms with van der Waals surface area (Å²) in [6.45, 7) is 10.6. The molecule has 1 saturated carbocycles. The third-order valence-corrected chi connectivity index (χ3v) is 5.06. The van der Waals surface area contributed by atoms with Gasteiger partial charge < -0.3 is 15.0 Å². The first-order valence-electron chi connectivity index (χ1n) is 8.80. The second kappa shape index (κ2) is 7.59. The van der Waals surface area contributed by atoms with Gasteiger partial charge in [-0.1, -0.05) is 20.3 Å². The number of hydrogen-bond acceptors (Lipinski definition) is 4. The van der Waals surface area contributed by atoms with Gasteiger partial charge >= 0.3 is 5.97 Å². The van der Waals surface area contributed by atoms with Crippen LogP contribution in [0.25, 0.3) is 0 Å². The molecule has 2 fully saturated rings. The fourth-order valence-corrected chi connectivity index (χ4v) is 3.77. The van der Waals surface area contributed by atoms with E-state index in [1.165, 1.54) is 19.3 Å². The van der Waals surface area contributed by atoms with Gasteiger partial charge in [0.1, 0.15) is 5.54 Å². The molecule has 2 unspecified atom stereocenters. The Morgan fingerprint density at radius 3 is 2.62 bits per heavy atom. The summed E-state index contributed by atoms with van der Waals surface area (Å²) in [5.41, 5.74) is -0.472. The van der Waals surface area contributed by atoms with Crippen molar-refractivity contribution >= 4 is 5.97 Å². The van der Waals surface area contributed by atoms with Crippen LogP contribution in [0.15, 0.2) is 0 Å². The molecule has 2 atom stereocenters. The van der Waals surface area contributed by atoms with Gasteiger partial charge in [0, 0.05) is 13.1 Å². The number of esters is 1. The first-order valence-corrected chi connectivity index (χ1v) is 8.80. The van der Waals surface area contributed by atoms with Crippen LogP contribution >= 0.6 is 0 Å². The molecule has 4 nitrogen and oxygen atoms in total. The molecule has 2 rings (SSSR count). The van der Waals surface area contributed by atoms with Crippen molar-refractivity contribution in [3.05, 3.63) is 0 Å². The molecule has 1 aliphatic heterocycles. The standard InChI is InChI=1S/C17H32N2O2/c1-4-14-8-7-11-19(12-14)13-17(18-5-2,15-9-10-15)16(20)21-6-3/h14-15,18H,4-13H2,1-3H3. The predicted octanol–water partition coefficient (Wildman–Crippen LogP) is 2.43. The molecule has 4 heteroatoms. The second-order valence-electron chi connectivity index (χ2n) is 6.65. The number of piperidine rings is 1. The van der Waals surface area contributed by atoms with E-state index in [1.54, 1.807) is 0 Å². The lowest BCUT2D eigenvalue weighted by Crippen LogP contribution is -2.62. The van der Waals surface area contributed by atoms with Crippen molar-refractivity contribution in [2.75, 3.05) is 32.8 Å². The highest BCUT2D eigenvalue weighted by atomic mass is 16.5. The Morgan fingerprint density at radius 2 is 2.05 bits per heavy atom. The van der Waals surface area contributed by atoms with Crippen molar-refractivity contribution in [1.82, 2.24) is 10.2 Å². The van der Waals surface area contributed by atoms with E-state index in [1.807, 2.05) is 6.92 Å². The molecule has 1 N–H and O–H groups in total. The number of ether oxygens (including phenoxy) is 1. The van der Waals surface area contributed by atoms with Gasteiger partial charge in [-0.3, -0.25) is 0 Å². The number of hydrogen-bond donors (Lipinski definition) is 1. The maximum Gasteiger partial charge on any atom is 0.327 e. The second-order valence-corrected chi connectivity index (χ2v) is 6.65. The van der Waals surface area contributed by atoms with E-state index in [2.05, 4.69) is 24.1 Å². The summed E-state index contributed by atoms with van der Waals surface area (Å²) in [7, 11) is 0. The van der Waals surface area contributed by atoms with Gasteiger partial charge in [0.15, 0.2) is 0 Å². The largest absolute Gasteiger partial charge is 0.465 e. The molecule has 1 saturated heterocycles. The van der Waals surface area contributed by atoms with Gasteiger partial charge in [0.25, 0.3) is 0 Å². The van der Waals surface area contributed by atoms with Crippen molar-refractivity contribution < 1.29 is 9.53 Å². The van der Waals surface area contributed by atoms with Crippen molar-refractivity contribution in [3.8, 4) is 0 Å². The van der Waals surface area contributed by atoms with Gasteiger partial charge in [0.05, 0.1) is 6.61 Å². The number of rotatable bonds is 8. The minimum absolute atomic E-state index is 0.0343. The Bertz CT molecular complexity index is 344. The predicted molar refractivity (Wildman–Crippen MR) is 85.2 cm³/mol. The van der Waals surface area contributed by atoms with Crippen LogP contribution in [0.5, 0.6) is 0 Å². The third-order valence-electron chi connectivity index (χ3n) is 5.06. The van der Waals surface area contributed by atoms with E-state index in [0.717, 1.165) is 44.9 Å². The SMILES string of the molecule is CCNC(CN1CCCC(CC)C1)(C(=O)OCC)C1CC1. The van der Waals surface area contributed by atoms with E-state index < -0.39 is 5.54 Å². The maximum atomic E-state index is 12.6. The lowest BCUT2D eigenvalue weighted by atomic mass is 9.89. The summed E-state index contributed by atoms with van der Waals surface area (Å²) < 4.78 is 5.43. The van der Waals surface area contributed by atoms with Crippen LogP contribution in [-0.2, 0) is 9.53 Å². The van der Waals surface area contributed by atoms with E-state index in [4.69, 9.17) is 4.74 Å². The summed E-state index contributed by atoms with van der Waals surface area (Å²) in [4.78, 5) is 15.1. The average Bonchev–Trinajstić information content (AvgIpc) is 3.32. The highest BCUT2D eigenvalue weighted by Gasteiger charge is 2.52. The van der Waals surface area contributed by atoms with E-state index in [9.17, 15) is 4.79 Å². The van der Waals surface area contributed by atoms with E-state index in [0.29, 0.717) is 12.5 Å². The molecule has 0 aromatic carbocycles. The number of nitrogens with one attached hydrogen (secondary N) is 1. The zero-order valence-corrected chi connectivity index (χ0v) is 14.0. The van der Waals surface area contributed by atoms with Crippen molar-refractivity contribution in [1.29, 1.82) is 0 Å². The zero-order chi connectivity index (χ0) is 15.3. The van der Waals surface area contributed by atoms with Gasteiger partial charge in [-0.25, -0.2) is 4.79 Å². The minimum atomic E-state index is -0.472. The van der Waals surface area contributed by atoms with Gasteiger partial charge in [-0.15, -0.1) is 0 Å². The topological polar surface area (TPSA) is 41.6 Å². The lowest BCUT2D eigenvalue weighted by Gasteiger charge is -2.40. The van der Waals surface area contributed by atoms with Crippen LogP contribution in [0, 0.1) is 11.8 Å². The molecular formula is C17H32N2O2. The smallest absolute Gasteiger partial charge is 0.327 e. The molecular weight excluding hydrogens is 264 g/mol.